The zero-order valence-electron chi connectivity index (χ0n) is 10.4. The minimum atomic E-state index is -3.74. The van der Waals surface area contributed by atoms with Crippen molar-refractivity contribution < 1.29 is 13.2 Å². The molecule has 0 amide bonds. The lowest BCUT2D eigenvalue weighted by molar-refractivity contribution is 0.414. The number of nitrogens with zero attached hydrogens (tertiary/aromatic N) is 1. The molecule has 1 aromatic heterocycles. The number of aryl methyl sites for hydroxylation is 1. The number of benzene rings is 1. The smallest absolute Gasteiger partial charge is 0.265 e. The Balaban J connectivity index is 2.34. The summed E-state index contributed by atoms with van der Waals surface area (Å²) >= 11 is 1.22. The van der Waals surface area contributed by atoms with E-state index in [2.05, 4.69) is 9.71 Å². The minimum Gasteiger partial charge on any atom is -0.497 e. The first-order valence-corrected chi connectivity index (χ1v) is 7.67. The first-order chi connectivity index (χ1) is 8.92. The van der Waals surface area contributed by atoms with Crippen LogP contribution in [0.3, 0.4) is 0 Å². The molecular formula is C11H13N3O3S2. The van der Waals surface area contributed by atoms with E-state index in [4.69, 9.17) is 10.5 Å². The van der Waals surface area contributed by atoms with Crippen LogP contribution in [-0.2, 0) is 10.0 Å². The molecule has 0 aliphatic rings. The molecule has 0 aliphatic heterocycles. The third-order valence-electron chi connectivity index (χ3n) is 2.35. The van der Waals surface area contributed by atoms with Crippen LogP contribution >= 0.6 is 11.3 Å². The molecule has 2 rings (SSSR count). The van der Waals surface area contributed by atoms with Crippen LogP contribution < -0.4 is 15.2 Å². The van der Waals surface area contributed by atoms with Crippen molar-refractivity contribution in [3.63, 3.8) is 0 Å². The molecule has 8 heteroatoms. The number of hydrogen-bond donors (Lipinski definition) is 2. The van der Waals surface area contributed by atoms with Crippen molar-refractivity contribution in [3.05, 3.63) is 29.3 Å². The predicted octanol–water partition coefficient (Wildman–Crippen LogP) is 1.84. The summed E-state index contributed by atoms with van der Waals surface area (Å²) in [6, 6.07) is 4.40. The van der Waals surface area contributed by atoms with Gasteiger partial charge in [0, 0.05) is 11.4 Å². The SMILES string of the molecule is COc1ccc(S(=O)(=O)Nc2nc(C)cs2)c(N)c1. The number of nitrogen functional groups attached to an aromatic ring is 1. The maximum absolute atomic E-state index is 12.2. The summed E-state index contributed by atoms with van der Waals surface area (Å²) in [5, 5.41) is 2.07. The van der Waals surface area contributed by atoms with E-state index in [0.717, 1.165) is 5.69 Å². The van der Waals surface area contributed by atoms with Crippen molar-refractivity contribution in [2.75, 3.05) is 17.6 Å². The number of rotatable bonds is 4. The standard InChI is InChI=1S/C11H13N3O3S2/c1-7-6-18-11(13-7)14-19(15,16)10-4-3-8(17-2)5-9(10)12/h3-6H,12H2,1-2H3,(H,13,14). The molecule has 102 valence electrons. The van der Waals surface area contributed by atoms with Crippen LogP contribution in [0.1, 0.15) is 5.69 Å². The Morgan fingerprint density at radius 3 is 2.68 bits per heavy atom. The predicted molar refractivity (Wildman–Crippen MR) is 75.1 cm³/mol. The highest BCUT2D eigenvalue weighted by molar-refractivity contribution is 7.93. The van der Waals surface area contributed by atoms with Gasteiger partial charge in [0.2, 0.25) is 0 Å². The van der Waals surface area contributed by atoms with Crippen molar-refractivity contribution >= 4 is 32.2 Å². The van der Waals surface area contributed by atoms with Crippen LogP contribution in [0.2, 0.25) is 0 Å². The largest absolute Gasteiger partial charge is 0.497 e. The van der Waals surface area contributed by atoms with E-state index in [1.807, 2.05) is 0 Å². The first-order valence-electron chi connectivity index (χ1n) is 5.31. The highest BCUT2D eigenvalue weighted by Crippen LogP contribution is 2.26. The Bertz CT molecular complexity index is 695. The summed E-state index contributed by atoms with van der Waals surface area (Å²) < 4.78 is 31.7. The Morgan fingerprint density at radius 1 is 1.42 bits per heavy atom. The van der Waals surface area contributed by atoms with Crippen LogP contribution in [-0.4, -0.2) is 20.5 Å². The highest BCUT2D eigenvalue weighted by atomic mass is 32.2. The Hall–Kier alpha value is -1.80. The summed E-state index contributed by atoms with van der Waals surface area (Å²) in [7, 11) is -2.25. The number of aromatic nitrogens is 1. The van der Waals surface area contributed by atoms with Gasteiger partial charge < -0.3 is 10.5 Å². The van der Waals surface area contributed by atoms with Gasteiger partial charge in [-0.2, -0.15) is 0 Å². The van der Waals surface area contributed by atoms with Gasteiger partial charge in [0.05, 0.1) is 18.5 Å². The van der Waals surface area contributed by atoms with Crippen molar-refractivity contribution in [3.8, 4) is 5.75 Å². The maximum atomic E-state index is 12.2. The Labute approximate surface area is 115 Å². The number of nitrogens with two attached hydrogens (primary N) is 1. The number of methoxy groups -OCH3 is 1. The molecule has 1 heterocycles. The second kappa shape index (κ2) is 5.06. The van der Waals surface area contributed by atoms with Gasteiger partial charge in [-0.3, -0.25) is 4.72 Å². The lowest BCUT2D eigenvalue weighted by Crippen LogP contribution is -2.14. The van der Waals surface area contributed by atoms with Crippen molar-refractivity contribution in [1.29, 1.82) is 0 Å². The van der Waals surface area contributed by atoms with E-state index in [-0.39, 0.29) is 10.6 Å². The number of sulfonamides is 1. The molecule has 0 aliphatic carbocycles. The molecule has 1 aromatic carbocycles. The highest BCUT2D eigenvalue weighted by Gasteiger charge is 2.19. The minimum absolute atomic E-state index is 0.00107. The molecule has 3 N–H and O–H groups in total. The van der Waals surface area contributed by atoms with Crippen LogP contribution in [0.5, 0.6) is 5.75 Å². The topological polar surface area (TPSA) is 94.3 Å². The molecule has 2 aromatic rings. The number of hydrogen-bond acceptors (Lipinski definition) is 6. The van der Waals surface area contributed by atoms with Gasteiger partial charge in [0.1, 0.15) is 10.6 Å². The molecule has 0 saturated heterocycles. The summed E-state index contributed by atoms with van der Waals surface area (Å²) in [5.74, 6) is 0.501. The number of nitrogens with one attached hydrogen (secondary N) is 1. The van der Waals surface area contributed by atoms with Gasteiger partial charge in [-0.25, -0.2) is 13.4 Å². The Morgan fingerprint density at radius 2 is 2.16 bits per heavy atom. The van der Waals surface area contributed by atoms with E-state index < -0.39 is 10.0 Å². The lowest BCUT2D eigenvalue weighted by Gasteiger charge is -2.09. The number of anilines is 2. The number of ether oxygens (including phenoxy) is 1. The monoisotopic (exact) mass is 299 g/mol. The molecule has 0 saturated carbocycles. The van der Waals surface area contributed by atoms with Gasteiger partial charge in [-0.05, 0) is 19.1 Å². The molecule has 19 heavy (non-hydrogen) atoms. The second-order valence-electron chi connectivity index (χ2n) is 3.80. The number of thiazole rings is 1. The van der Waals surface area contributed by atoms with E-state index >= 15 is 0 Å². The summed E-state index contributed by atoms with van der Waals surface area (Å²) in [5.41, 5.74) is 6.61. The molecule has 0 atom stereocenters. The van der Waals surface area contributed by atoms with E-state index in [0.29, 0.717) is 10.9 Å². The van der Waals surface area contributed by atoms with E-state index in [1.54, 1.807) is 12.3 Å². The van der Waals surface area contributed by atoms with Crippen LogP contribution in [0, 0.1) is 6.92 Å². The van der Waals surface area contributed by atoms with Crippen LogP contribution in [0.25, 0.3) is 0 Å². The third-order valence-corrected chi connectivity index (χ3v) is 4.76. The third kappa shape index (κ3) is 2.96. The zero-order chi connectivity index (χ0) is 14.0. The molecule has 0 fully saturated rings. The second-order valence-corrected chi connectivity index (χ2v) is 6.31. The van der Waals surface area contributed by atoms with Gasteiger partial charge in [-0.15, -0.1) is 11.3 Å². The molecular weight excluding hydrogens is 286 g/mol. The fourth-order valence-electron chi connectivity index (χ4n) is 1.47. The van der Waals surface area contributed by atoms with E-state index in [9.17, 15) is 8.42 Å². The van der Waals surface area contributed by atoms with Gasteiger partial charge in [-0.1, -0.05) is 0 Å². The maximum Gasteiger partial charge on any atom is 0.265 e. The fourth-order valence-corrected chi connectivity index (χ4v) is 3.52. The molecule has 6 nitrogen and oxygen atoms in total. The summed E-state index contributed by atoms with van der Waals surface area (Å²) in [4.78, 5) is 4.05. The van der Waals surface area contributed by atoms with Crippen LogP contribution in [0.4, 0.5) is 10.8 Å². The quantitative estimate of drug-likeness (QED) is 0.840. The molecule has 0 spiro atoms. The average molecular weight is 299 g/mol. The van der Waals surface area contributed by atoms with Gasteiger partial charge in [0.15, 0.2) is 5.13 Å². The van der Waals surface area contributed by atoms with Crippen molar-refractivity contribution in [1.82, 2.24) is 4.98 Å². The summed E-state index contributed by atoms with van der Waals surface area (Å²) in [6.07, 6.45) is 0. The van der Waals surface area contributed by atoms with Crippen molar-refractivity contribution in [2.45, 2.75) is 11.8 Å². The fraction of sp³-hybridized carbons (Fsp3) is 0.182. The van der Waals surface area contributed by atoms with Gasteiger partial charge >= 0.3 is 0 Å². The molecule has 0 radical (unpaired) electrons. The first kappa shape index (κ1) is 13.6. The lowest BCUT2D eigenvalue weighted by atomic mass is 10.3. The van der Waals surface area contributed by atoms with E-state index in [1.165, 1.54) is 36.6 Å². The normalized spacial score (nSPS) is 11.3. The average Bonchev–Trinajstić information content (AvgIpc) is 2.73. The Kier molecular flexibility index (Phi) is 3.63. The van der Waals surface area contributed by atoms with Crippen molar-refractivity contribution in [2.24, 2.45) is 0 Å². The zero-order valence-corrected chi connectivity index (χ0v) is 12.0. The summed E-state index contributed by atoms with van der Waals surface area (Å²) in [6.45, 7) is 1.79. The van der Waals surface area contributed by atoms with Gasteiger partial charge in [0.25, 0.3) is 10.0 Å². The molecule has 0 unspecified atom stereocenters. The van der Waals surface area contributed by atoms with Crippen LogP contribution in [0.15, 0.2) is 28.5 Å². The molecule has 0 bridgehead atoms.